The molecule has 7 heteroatoms. The highest BCUT2D eigenvalue weighted by molar-refractivity contribution is 7.91. The van der Waals surface area contributed by atoms with Gasteiger partial charge < -0.3 is 4.74 Å². The summed E-state index contributed by atoms with van der Waals surface area (Å²) in [6.07, 6.45) is 0. The summed E-state index contributed by atoms with van der Waals surface area (Å²) in [5.41, 5.74) is 1.13. The summed E-state index contributed by atoms with van der Waals surface area (Å²) in [6.45, 7) is 1.68. The van der Waals surface area contributed by atoms with Gasteiger partial charge in [0, 0.05) is 6.07 Å². The summed E-state index contributed by atoms with van der Waals surface area (Å²) in [7, 11) is -2.13. The van der Waals surface area contributed by atoms with Gasteiger partial charge in [-0.25, -0.2) is 13.1 Å². The van der Waals surface area contributed by atoms with Gasteiger partial charge in [0.1, 0.15) is 5.75 Å². The van der Waals surface area contributed by atoms with E-state index in [0.717, 1.165) is 0 Å². The molecular weight excluding hydrogens is 314 g/mol. The molecule has 23 heavy (non-hydrogen) atoms. The van der Waals surface area contributed by atoms with Crippen LogP contribution in [0.15, 0.2) is 64.5 Å². The third-order valence-electron chi connectivity index (χ3n) is 3.46. The number of aromatic nitrogens is 3. The molecule has 0 amide bonds. The maximum atomic E-state index is 12.7. The molecule has 0 aliphatic heterocycles. The van der Waals surface area contributed by atoms with Crippen molar-refractivity contribution in [3.63, 3.8) is 0 Å². The van der Waals surface area contributed by atoms with Crippen molar-refractivity contribution in [3.05, 3.63) is 60.3 Å². The highest BCUT2D eigenvalue weighted by Gasteiger charge is 2.25. The van der Waals surface area contributed by atoms with E-state index < -0.39 is 9.84 Å². The quantitative estimate of drug-likeness (QED) is 0.735. The lowest BCUT2D eigenvalue weighted by Gasteiger charge is -2.06. The number of methoxy groups -OCH3 is 1. The molecule has 0 aliphatic carbocycles. The first-order chi connectivity index (χ1) is 11.0. The largest absolute Gasteiger partial charge is 0.497 e. The standard InChI is InChI=1S/C16H15N3O3S/c1-12-16(23(20,21)15-9-4-3-5-10-15)17-18-19(12)13-7-6-8-14(11-13)22-2/h3-11H,1-2H3. The molecule has 0 unspecified atom stereocenters. The average molecular weight is 329 g/mol. The van der Waals surface area contributed by atoms with Crippen LogP contribution in [0, 0.1) is 6.92 Å². The molecule has 1 aromatic heterocycles. The molecule has 118 valence electrons. The minimum Gasteiger partial charge on any atom is -0.497 e. The number of hydrogen-bond donors (Lipinski definition) is 0. The van der Waals surface area contributed by atoms with Crippen LogP contribution in [0.25, 0.3) is 5.69 Å². The van der Waals surface area contributed by atoms with Crippen molar-refractivity contribution in [1.29, 1.82) is 0 Å². The molecule has 0 saturated heterocycles. The molecular formula is C16H15N3O3S. The van der Waals surface area contributed by atoms with E-state index in [2.05, 4.69) is 10.3 Å². The Balaban J connectivity index is 2.09. The van der Waals surface area contributed by atoms with Crippen LogP contribution in [0.4, 0.5) is 0 Å². The summed E-state index contributed by atoms with van der Waals surface area (Å²) < 4.78 is 32.0. The molecule has 0 aliphatic rings. The molecule has 0 fully saturated rings. The van der Waals surface area contributed by atoms with Crippen molar-refractivity contribution in [1.82, 2.24) is 15.0 Å². The van der Waals surface area contributed by atoms with E-state index in [4.69, 9.17) is 4.74 Å². The fourth-order valence-electron chi connectivity index (χ4n) is 2.26. The van der Waals surface area contributed by atoms with E-state index in [9.17, 15) is 8.42 Å². The Morgan fingerprint density at radius 2 is 1.78 bits per heavy atom. The van der Waals surface area contributed by atoms with Gasteiger partial charge in [0.2, 0.25) is 14.9 Å². The van der Waals surface area contributed by atoms with Gasteiger partial charge in [-0.1, -0.05) is 29.5 Å². The Morgan fingerprint density at radius 1 is 1.04 bits per heavy atom. The van der Waals surface area contributed by atoms with Crippen molar-refractivity contribution in [3.8, 4) is 11.4 Å². The number of benzene rings is 2. The van der Waals surface area contributed by atoms with Gasteiger partial charge in [-0.2, -0.15) is 0 Å². The van der Waals surface area contributed by atoms with Gasteiger partial charge in [-0.05, 0) is 31.2 Å². The summed E-state index contributed by atoms with van der Waals surface area (Å²) in [5.74, 6) is 0.657. The third kappa shape index (κ3) is 2.70. The fraction of sp³-hybridized carbons (Fsp3) is 0.125. The second kappa shape index (κ2) is 5.85. The molecule has 2 aromatic carbocycles. The first kappa shape index (κ1) is 15.2. The Labute approximate surface area is 134 Å². The second-order valence-corrected chi connectivity index (χ2v) is 6.77. The Bertz CT molecular complexity index is 934. The lowest BCUT2D eigenvalue weighted by Crippen LogP contribution is -2.05. The normalized spacial score (nSPS) is 11.4. The predicted molar refractivity (Wildman–Crippen MR) is 84.5 cm³/mol. The zero-order chi connectivity index (χ0) is 16.4. The van der Waals surface area contributed by atoms with Crippen LogP contribution >= 0.6 is 0 Å². The first-order valence-corrected chi connectivity index (χ1v) is 8.39. The van der Waals surface area contributed by atoms with Gasteiger partial charge in [-0.3, -0.25) is 0 Å². The Morgan fingerprint density at radius 3 is 2.48 bits per heavy atom. The summed E-state index contributed by atoms with van der Waals surface area (Å²) >= 11 is 0. The first-order valence-electron chi connectivity index (χ1n) is 6.91. The van der Waals surface area contributed by atoms with Gasteiger partial charge in [0.15, 0.2) is 0 Å². The van der Waals surface area contributed by atoms with Crippen LogP contribution in [0.5, 0.6) is 5.75 Å². The maximum absolute atomic E-state index is 12.7. The maximum Gasteiger partial charge on any atom is 0.227 e. The van der Waals surface area contributed by atoms with Crippen molar-refractivity contribution >= 4 is 9.84 Å². The van der Waals surface area contributed by atoms with E-state index >= 15 is 0 Å². The molecule has 3 aromatic rings. The minimum atomic E-state index is -3.70. The van der Waals surface area contributed by atoms with E-state index in [1.807, 2.05) is 6.07 Å². The zero-order valence-electron chi connectivity index (χ0n) is 12.7. The Kier molecular flexibility index (Phi) is 3.87. The molecule has 1 heterocycles. The Hall–Kier alpha value is -2.67. The lowest BCUT2D eigenvalue weighted by molar-refractivity contribution is 0.414. The highest BCUT2D eigenvalue weighted by Crippen LogP contribution is 2.24. The van der Waals surface area contributed by atoms with E-state index in [0.29, 0.717) is 17.1 Å². The summed E-state index contributed by atoms with van der Waals surface area (Å²) in [6, 6.07) is 15.4. The van der Waals surface area contributed by atoms with Crippen molar-refractivity contribution < 1.29 is 13.2 Å². The van der Waals surface area contributed by atoms with Crippen molar-refractivity contribution in [2.75, 3.05) is 7.11 Å². The van der Waals surface area contributed by atoms with Gasteiger partial charge in [-0.15, -0.1) is 5.10 Å². The van der Waals surface area contributed by atoms with Crippen LogP contribution in [0.2, 0.25) is 0 Å². The number of nitrogens with zero attached hydrogens (tertiary/aromatic N) is 3. The zero-order valence-corrected chi connectivity index (χ0v) is 13.5. The number of hydrogen-bond acceptors (Lipinski definition) is 5. The summed E-state index contributed by atoms with van der Waals surface area (Å²) in [4.78, 5) is 0.195. The van der Waals surface area contributed by atoms with Crippen LogP contribution in [0.3, 0.4) is 0 Å². The lowest BCUT2D eigenvalue weighted by atomic mass is 10.3. The summed E-state index contributed by atoms with van der Waals surface area (Å²) in [5, 5.41) is 7.82. The minimum absolute atomic E-state index is 0.0495. The average Bonchev–Trinajstić information content (AvgIpc) is 2.98. The monoisotopic (exact) mass is 329 g/mol. The topological polar surface area (TPSA) is 74.1 Å². The van der Waals surface area contributed by atoms with Gasteiger partial charge in [0.25, 0.3) is 0 Å². The van der Waals surface area contributed by atoms with E-state index in [-0.39, 0.29) is 9.92 Å². The number of sulfone groups is 1. The molecule has 0 bridgehead atoms. The predicted octanol–water partition coefficient (Wildman–Crippen LogP) is 2.42. The van der Waals surface area contributed by atoms with Gasteiger partial charge >= 0.3 is 0 Å². The molecule has 0 saturated carbocycles. The van der Waals surface area contributed by atoms with Crippen molar-refractivity contribution in [2.24, 2.45) is 0 Å². The molecule has 0 radical (unpaired) electrons. The van der Waals surface area contributed by atoms with Crippen LogP contribution in [-0.2, 0) is 9.84 Å². The smallest absolute Gasteiger partial charge is 0.227 e. The number of ether oxygens (including phenoxy) is 1. The van der Waals surface area contributed by atoms with E-state index in [1.54, 1.807) is 62.6 Å². The molecule has 0 spiro atoms. The van der Waals surface area contributed by atoms with Crippen LogP contribution < -0.4 is 4.74 Å². The van der Waals surface area contributed by atoms with E-state index in [1.165, 1.54) is 4.68 Å². The molecule has 0 atom stereocenters. The molecule has 0 N–H and O–H groups in total. The second-order valence-electron chi connectivity index (χ2n) is 4.91. The van der Waals surface area contributed by atoms with Gasteiger partial charge in [0.05, 0.1) is 23.4 Å². The SMILES string of the molecule is COc1cccc(-n2nnc(S(=O)(=O)c3ccccc3)c2C)c1. The van der Waals surface area contributed by atoms with Crippen LogP contribution in [-0.4, -0.2) is 30.5 Å². The molecule has 3 rings (SSSR count). The highest BCUT2D eigenvalue weighted by atomic mass is 32.2. The van der Waals surface area contributed by atoms with Crippen molar-refractivity contribution in [2.45, 2.75) is 16.8 Å². The van der Waals surface area contributed by atoms with Crippen LogP contribution in [0.1, 0.15) is 5.69 Å². The number of rotatable bonds is 4. The third-order valence-corrected chi connectivity index (χ3v) is 5.24. The fourth-order valence-corrected chi connectivity index (χ4v) is 3.62. The molecule has 6 nitrogen and oxygen atoms in total.